The SMILES string of the molecule is Cc1cc(C(C)(C)C)ccc1N1CC(C)CCC(C)C1. The molecule has 0 spiro atoms. The van der Waals surface area contributed by atoms with Gasteiger partial charge in [-0.3, -0.25) is 0 Å². The molecule has 0 radical (unpaired) electrons. The minimum absolute atomic E-state index is 0.239. The van der Waals surface area contributed by atoms with Crippen LogP contribution in [0.15, 0.2) is 18.2 Å². The van der Waals surface area contributed by atoms with Gasteiger partial charge in [-0.25, -0.2) is 0 Å². The van der Waals surface area contributed by atoms with Crippen LogP contribution >= 0.6 is 0 Å². The summed E-state index contributed by atoms with van der Waals surface area (Å²) in [6.45, 7) is 16.3. The van der Waals surface area contributed by atoms with Gasteiger partial charge in [0.05, 0.1) is 0 Å². The summed E-state index contributed by atoms with van der Waals surface area (Å²) in [5, 5.41) is 0. The monoisotopic (exact) mass is 273 g/mol. The molecule has 1 saturated heterocycles. The molecular formula is C19H31N. The lowest BCUT2D eigenvalue weighted by Gasteiger charge is -2.29. The highest BCUT2D eigenvalue weighted by atomic mass is 15.1. The molecule has 0 aliphatic carbocycles. The first-order chi connectivity index (χ1) is 9.27. The summed E-state index contributed by atoms with van der Waals surface area (Å²) in [6.07, 6.45) is 2.74. The van der Waals surface area contributed by atoms with Gasteiger partial charge < -0.3 is 4.90 Å². The van der Waals surface area contributed by atoms with E-state index in [9.17, 15) is 0 Å². The molecule has 20 heavy (non-hydrogen) atoms. The van der Waals surface area contributed by atoms with Crippen molar-refractivity contribution in [1.82, 2.24) is 0 Å². The molecule has 0 saturated carbocycles. The average Bonchev–Trinajstić information content (AvgIpc) is 2.50. The largest absolute Gasteiger partial charge is 0.371 e. The molecule has 0 amide bonds. The summed E-state index contributed by atoms with van der Waals surface area (Å²) in [4.78, 5) is 2.62. The van der Waals surface area contributed by atoms with Crippen LogP contribution < -0.4 is 4.90 Å². The highest BCUT2D eigenvalue weighted by molar-refractivity contribution is 5.55. The summed E-state index contributed by atoms with van der Waals surface area (Å²) >= 11 is 0. The van der Waals surface area contributed by atoms with E-state index in [-0.39, 0.29) is 5.41 Å². The summed E-state index contributed by atoms with van der Waals surface area (Å²) in [5.41, 5.74) is 4.55. The van der Waals surface area contributed by atoms with Gasteiger partial charge in [0.1, 0.15) is 0 Å². The number of rotatable bonds is 1. The summed E-state index contributed by atoms with van der Waals surface area (Å²) in [7, 11) is 0. The van der Waals surface area contributed by atoms with Crippen LogP contribution in [-0.4, -0.2) is 13.1 Å². The first kappa shape index (κ1) is 15.4. The molecule has 112 valence electrons. The van der Waals surface area contributed by atoms with Gasteiger partial charge in [0.15, 0.2) is 0 Å². The third-order valence-corrected chi connectivity index (χ3v) is 4.62. The molecule has 0 aromatic heterocycles. The summed E-state index contributed by atoms with van der Waals surface area (Å²) < 4.78 is 0. The van der Waals surface area contributed by atoms with Crippen LogP contribution in [0.2, 0.25) is 0 Å². The number of hydrogen-bond donors (Lipinski definition) is 0. The zero-order valence-electron chi connectivity index (χ0n) is 14.2. The van der Waals surface area contributed by atoms with Crippen molar-refractivity contribution in [2.24, 2.45) is 11.8 Å². The van der Waals surface area contributed by atoms with E-state index in [4.69, 9.17) is 0 Å². The van der Waals surface area contributed by atoms with E-state index in [0.29, 0.717) is 0 Å². The van der Waals surface area contributed by atoms with Crippen molar-refractivity contribution in [1.29, 1.82) is 0 Å². The van der Waals surface area contributed by atoms with Gasteiger partial charge in [0, 0.05) is 18.8 Å². The average molecular weight is 273 g/mol. The highest BCUT2D eigenvalue weighted by Gasteiger charge is 2.21. The standard InChI is InChI=1S/C19H31N/c1-14-7-8-15(2)13-20(12-14)18-10-9-17(11-16(18)3)19(4,5)6/h9-11,14-15H,7-8,12-13H2,1-6H3. The lowest BCUT2D eigenvalue weighted by Crippen LogP contribution is -2.30. The summed E-state index contributed by atoms with van der Waals surface area (Å²) in [6, 6.07) is 7.05. The molecule has 1 aliphatic rings. The van der Waals surface area contributed by atoms with Crippen LogP contribution in [0.25, 0.3) is 0 Å². The Bertz CT molecular complexity index is 443. The lowest BCUT2D eigenvalue weighted by atomic mass is 9.86. The molecule has 1 nitrogen and oxygen atoms in total. The molecule has 1 aliphatic heterocycles. The Kier molecular flexibility index (Phi) is 4.46. The Labute approximate surface area is 125 Å². The van der Waals surface area contributed by atoms with E-state index >= 15 is 0 Å². The molecule has 1 fully saturated rings. The van der Waals surface area contributed by atoms with E-state index in [0.717, 1.165) is 11.8 Å². The van der Waals surface area contributed by atoms with Gasteiger partial charge >= 0.3 is 0 Å². The molecule has 1 heterocycles. The number of nitrogens with zero attached hydrogens (tertiary/aromatic N) is 1. The van der Waals surface area contributed by atoms with Crippen molar-refractivity contribution < 1.29 is 0 Å². The van der Waals surface area contributed by atoms with Gasteiger partial charge in [-0.2, -0.15) is 0 Å². The molecule has 0 bridgehead atoms. The minimum Gasteiger partial charge on any atom is -0.371 e. The second-order valence-corrected chi connectivity index (χ2v) is 7.94. The molecule has 2 unspecified atom stereocenters. The zero-order valence-corrected chi connectivity index (χ0v) is 14.2. The van der Waals surface area contributed by atoms with Crippen molar-refractivity contribution in [3.63, 3.8) is 0 Å². The minimum atomic E-state index is 0.239. The van der Waals surface area contributed by atoms with Crippen LogP contribution in [0.1, 0.15) is 58.6 Å². The highest BCUT2D eigenvalue weighted by Crippen LogP contribution is 2.31. The Hall–Kier alpha value is -0.980. The van der Waals surface area contributed by atoms with E-state index in [1.807, 2.05) is 0 Å². The second-order valence-electron chi connectivity index (χ2n) is 7.94. The Morgan fingerprint density at radius 2 is 1.55 bits per heavy atom. The van der Waals surface area contributed by atoms with E-state index in [2.05, 4.69) is 64.6 Å². The second kappa shape index (κ2) is 5.79. The van der Waals surface area contributed by atoms with Gasteiger partial charge in [-0.1, -0.05) is 46.8 Å². The first-order valence-electron chi connectivity index (χ1n) is 8.13. The van der Waals surface area contributed by atoms with Crippen LogP contribution in [0.4, 0.5) is 5.69 Å². The van der Waals surface area contributed by atoms with Gasteiger partial charge in [0.25, 0.3) is 0 Å². The van der Waals surface area contributed by atoms with E-state index in [1.165, 1.54) is 42.7 Å². The van der Waals surface area contributed by atoms with Gasteiger partial charge in [0.2, 0.25) is 0 Å². The summed E-state index contributed by atoms with van der Waals surface area (Å²) in [5.74, 6) is 1.61. The number of benzene rings is 1. The topological polar surface area (TPSA) is 3.24 Å². The third kappa shape index (κ3) is 3.56. The maximum atomic E-state index is 2.62. The van der Waals surface area contributed by atoms with Crippen molar-refractivity contribution in [2.75, 3.05) is 18.0 Å². The predicted molar refractivity (Wildman–Crippen MR) is 89.7 cm³/mol. The van der Waals surface area contributed by atoms with E-state index in [1.54, 1.807) is 0 Å². The third-order valence-electron chi connectivity index (χ3n) is 4.62. The Morgan fingerprint density at radius 1 is 1.00 bits per heavy atom. The fourth-order valence-corrected chi connectivity index (χ4v) is 3.25. The molecule has 2 atom stereocenters. The molecule has 1 aromatic rings. The van der Waals surface area contributed by atoms with Gasteiger partial charge in [-0.05, 0) is 54.2 Å². The lowest BCUT2D eigenvalue weighted by molar-refractivity contribution is 0.498. The van der Waals surface area contributed by atoms with Crippen LogP contribution in [0.5, 0.6) is 0 Å². The molecule has 2 rings (SSSR count). The van der Waals surface area contributed by atoms with Crippen LogP contribution in [0, 0.1) is 18.8 Å². The Morgan fingerprint density at radius 3 is 2.00 bits per heavy atom. The van der Waals surface area contributed by atoms with Crippen molar-refractivity contribution in [2.45, 2.75) is 59.8 Å². The zero-order chi connectivity index (χ0) is 14.9. The molecular weight excluding hydrogens is 242 g/mol. The fourth-order valence-electron chi connectivity index (χ4n) is 3.25. The van der Waals surface area contributed by atoms with Crippen molar-refractivity contribution in [3.05, 3.63) is 29.3 Å². The Balaban J connectivity index is 2.27. The van der Waals surface area contributed by atoms with Crippen LogP contribution in [-0.2, 0) is 5.41 Å². The van der Waals surface area contributed by atoms with Crippen LogP contribution in [0.3, 0.4) is 0 Å². The predicted octanol–water partition coefficient (Wildman–Crippen LogP) is 5.16. The fraction of sp³-hybridized carbons (Fsp3) is 0.684. The number of aryl methyl sites for hydroxylation is 1. The smallest absolute Gasteiger partial charge is 0.0396 e. The van der Waals surface area contributed by atoms with E-state index < -0.39 is 0 Å². The number of anilines is 1. The quantitative estimate of drug-likeness (QED) is 0.682. The molecule has 1 aromatic carbocycles. The van der Waals surface area contributed by atoms with Gasteiger partial charge in [-0.15, -0.1) is 0 Å². The first-order valence-corrected chi connectivity index (χ1v) is 8.13. The maximum Gasteiger partial charge on any atom is 0.0396 e. The maximum absolute atomic E-state index is 2.62. The molecule has 1 heteroatoms. The molecule has 0 N–H and O–H groups in total. The van der Waals surface area contributed by atoms with Crippen molar-refractivity contribution >= 4 is 5.69 Å². The number of hydrogen-bond acceptors (Lipinski definition) is 1. The van der Waals surface area contributed by atoms with Crippen molar-refractivity contribution in [3.8, 4) is 0 Å². The normalized spacial score (nSPS) is 24.6.